The standard InChI is InChI=1S/C31H51N3O7/c1-10-21(5)26(33-30(39)41-31(7,8)9)29(38)34(22(6)16-15-20(3)4)27(23-13-12-14-24(35)19-23)28(37)32-18-17-25(36)40-11-2/h12-14,19-22,26-27,35H,10-11,15-18H2,1-9H3,(H,32,37)(H,33,39). The van der Waals surface area contributed by atoms with Crippen molar-refractivity contribution in [1.29, 1.82) is 0 Å². The highest BCUT2D eigenvalue weighted by Crippen LogP contribution is 2.30. The molecule has 0 spiro atoms. The third kappa shape index (κ3) is 12.4. The molecule has 0 aliphatic carbocycles. The van der Waals surface area contributed by atoms with Crippen LogP contribution < -0.4 is 10.6 Å². The van der Waals surface area contributed by atoms with Crippen LogP contribution in [0.15, 0.2) is 24.3 Å². The molecule has 0 bridgehead atoms. The second-order valence-corrected chi connectivity index (χ2v) is 11.9. The van der Waals surface area contributed by atoms with Crippen LogP contribution in [0.2, 0.25) is 0 Å². The minimum atomic E-state index is -1.13. The Balaban J connectivity index is 3.59. The number of carbonyl (C=O) groups excluding carboxylic acids is 4. The van der Waals surface area contributed by atoms with E-state index in [9.17, 15) is 24.3 Å². The lowest BCUT2D eigenvalue weighted by Crippen LogP contribution is -2.57. The first kappa shape index (κ1) is 35.7. The summed E-state index contributed by atoms with van der Waals surface area (Å²) < 4.78 is 10.4. The largest absolute Gasteiger partial charge is 0.508 e. The van der Waals surface area contributed by atoms with Gasteiger partial charge in [0.05, 0.1) is 13.0 Å². The number of nitrogens with one attached hydrogen (secondary N) is 2. The fourth-order valence-corrected chi connectivity index (χ4v) is 4.34. The molecule has 10 nitrogen and oxygen atoms in total. The Morgan fingerprint density at radius 3 is 2.22 bits per heavy atom. The molecule has 41 heavy (non-hydrogen) atoms. The van der Waals surface area contributed by atoms with Gasteiger partial charge >= 0.3 is 12.1 Å². The lowest BCUT2D eigenvalue weighted by Gasteiger charge is -2.40. The van der Waals surface area contributed by atoms with Crippen molar-refractivity contribution in [3.05, 3.63) is 29.8 Å². The average molecular weight is 578 g/mol. The number of ether oxygens (including phenoxy) is 2. The summed E-state index contributed by atoms with van der Waals surface area (Å²) in [5, 5.41) is 15.8. The molecule has 0 saturated heterocycles. The zero-order valence-electron chi connectivity index (χ0n) is 26.3. The van der Waals surface area contributed by atoms with Crippen molar-refractivity contribution in [3.63, 3.8) is 0 Å². The molecule has 0 fully saturated rings. The highest BCUT2D eigenvalue weighted by atomic mass is 16.6. The van der Waals surface area contributed by atoms with Crippen molar-refractivity contribution in [2.45, 2.75) is 112 Å². The van der Waals surface area contributed by atoms with Gasteiger partial charge in [0.25, 0.3) is 0 Å². The zero-order chi connectivity index (χ0) is 31.3. The molecule has 0 aliphatic rings. The molecule has 10 heteroatoms. The summed E-state index contributed by atoms with van der Waals surface area (Å²) in [6.07, 6.45) is 1.24. The van der Waals surface area contributed by atoms with Crippen LogP contribution in [-0.2, 0) is 23.9 Å². The smallest absolute Gasteiger partial charge is 0.408 e. The minimum Gasteiger partial charge on any atom is -0.508 e. The summed E-state index contributed by atoms with van der Waals surface area (Å²) in [5.41, 5.74) is -0.358. The van der Waals surface area contributed by atoms with Gasteiger partial charge in [0.1, 0.15) is 23.4 Å². The van der Waals surface area contributed by atoms with Crippen molar-refractivity contribution in [1.82, 2.24) is 15.5 Å². The molecule has 4 unspecified atom stereocenters. The fraction of sp³-hybridized carbons (Fsp3) is 0.677. The van der Waals surface area contributed by atoms with E-state index in [1.807, 2.05) is 20.8 Å². The maximum atomic E-state index is 14.4. The molecule has 0 saturated carbocycles. The van der Waals surface area contributed by atoms with Gasteiger partial charge in [-0.1, -0.05) is 46.2 Å². The Kier molecular flexibility index (Phi) is 14.7. The molecule has 3 N–H and O–H groups in total. The molecule has 1 aromatic carbocycles. The Bertz CT molecular complexity index is 1010. The number of benzene rings is 1. The van der Waals surface area contributed by atoms with Crippen LogP contribution >= 0.6 is 0 Å². The maximum Gasteiger partial charge on any atom is 0.408 e. The molecular formula is C31H51N3O7. The van der Waals surface area contributed by atoms with Gasteiger partial charge in [0.2, 0.25) is 11.8 Å². The summed E-state index contributed by atoms with van der Waals surface area (Å²) in [6, 6.07) is 3.71. The minimum absolute atomic E-state index is 0.0142. The van der Waals surface area contributed by atoms with Crippen LogP contribution in [0.25, 0.3) is 0 Å². The van der Waals surface area contributed by atoms with E-state index >= 15 is 0 Å². The van der Waals surface area contributed by atoms with E-state index in [-0.39, 0.29) is 31.2 Å². The predicted octanol–water partition coefficient (Wildman–Crippen LogP) is 5.10. The number of aromatic hydroxyl groups is 1. The van der Waals surface area contributed by atoms with Gasteiger partial charge in [-0.25, -0.2) is 4.79 Å². The number of carbonyl (C=O) groups is 4. The van der Waals surface area contributed by atoms with Crippen molar-refractivity contribution >= 4 is 23.9 Å². The van der Waals surface area contributed by atoms with Gasteiger partial charge < -0.3 is 30.1 Å². The molecule has 232 valence electrons. The molecule has 0 aliphatic heterocycles. The van der Waals surface area contributed by atoms with E-state index in [1.165, 1.54) is 17.0 Å². The Hall–Kier alpha value is -3.30. The summed E-state index contributed by atoms with van der Waals surface area (Å²) >= 11 is 0. The number of rotatable bonds is 15. The topological polar surface area (TPSA) is 134 Å². The third-order valence-corrected chi connectivity index (χ3v) is 6.69. The summed E-state index contributed by atoms with van der Waals surface area (Å²) in [5.74, 6) is -1.36. The summed E-state index contributed by atoms with van der Waals surface area (Å²) in [4.78, 5) is 54.5. The lowest BCUT2D eigenvalue weighted by molar-refractivity contribution is -0.147. The number of hydrogen-bond donors (Lipinski definition) is 3. The van der Waals surface area contributed by atoms with E-state index in [4.69, 9.17) is 9.47 Å². The summed E-state index contributed by atoms with van der Waals surface area (Å²) in [6.45, 7) is 17.0. The number of esters is 1. The molecule has 0 radical (unpaired) electrons. The highest BCUT2D eigenvalue weighted by molar-refractivity contribution is 5.92. The van der Waals surface area contributed by atoms with Gasteiger partial charge in [-0.05, 0) is 77.0 Å². The monoisotopic (exact) mass is 577 g/mol. The van der Waals surface area contributed by atoms with E-state index in [0.717, 1.165) is 6.42 Å². The molecule has 0 aromatic heterocycles. The van der Waals surface area contributed by atoms with Gasteiger partial charge in [-0.15, -0.1) is 0 Å². The molecule has 3 amide bonds. The van der Waals surface area contributed by atoms with Crippen molar-refractivity contribution in [3.8, 4) is 5.75 Å². The van der Waals surface area contributed by atoms with E-state index in [2.05, 4.69) is 24.5 Å². The van der Waals surface area contributed by atoms with Gasteiger partial charge in [0.15, 0.2) is 0 Å². The van der Waals surface area contributed by atoms with Crippen molar-refractivity contribution < 1.29 is 33.8 Å². The van der Waals surface area contributed by atoms with Gasteiger partial charge in [-0.2, -0.15) is 0 Å². The quantitative estimate of drug-likeness (QED) is 0.247. The van der Waals surface area contributed by atoms with Crippen LogP contribution in [0.3, 0.4) is 0 Å². The highest BCUT2D eigenvalue weighted by Gasteiger charge is 2.40. The van der Waals surface area contributed by atoms with Crippen molar-refractivity contribution in [2.24, 2.45) is 11.8 Å². The number of nitrogens with zero attached hydrogens (tertiary/aromatic N) is 1. The zero-order valence-corrected chi connectivity index (χ0v) is 26.3. The molecule has 1 rings (SSSR count). The lowest BCUT2D eigenvalue weighted by atomic mass is 9.93. The molecule has 1 aromatic rings. The van der Waals surface area contributed by atoms with Crippen LogP contribution in [0.4, 0.5) is 4.79 Å². The Labute approximate surface area is 245 Å². The second kappa shape index (κ2) is 16.8. The van der Waals surface area contributed by atoms with Crippen LogP contribution in [0.1, 0.15) is 99.6 Å². The normalized spacial score (nSPS) is 14.4. The average Bonchev–Trinajstić information content (AvgIpc) is 2.87. The number of amides is 3. The second-order valence-electron chi connectivity index (χ2n) is 11.9. The first-order chi connectivity index (χ1) is 19.1. The van der Waals surface area contributed by atoms with Gasteiger partial charge in [0, 0.05) is 12.6 Å². The third-order valence-electron chi connectivity index (χ3n) is 6.69. The Morgan fingerprint density at radius 1 is 1.02 bits per heavy atom. The first-order valence-corrected chi connectivity index (χ1v) is 14.6. The molecule has 4 atom stereocenters. The summed E-state index contributed by atoms with van der Waals surface area (Å²) in [7, 11) is 0. The number of phenols is 1. The number of phenolic OH excluding ortho intramolecular Hbond substituents is 1. The Morgan fingerprint density at radius 2 is 1.68 bits per heavy atom. The van der Waals surface area contributed by atoms with Crippen molar-refractivity contribution in [2.75, 3.05) is 13.2 Å². The van der Waals surface area contributed by atoms with E-state index < -0.39 is 47.6 Å². The van der Waals surface area contributed by atoms with E-state index in [1.54, 1.807) is 39.8 Å². The number of hydrogen-bond acceptors (Lipinski definition) is 7. The first-order valence-electron chi connectivity index (χ1n) is 14.6. The van der Waals surface area contributed by atoms with Gasteiger partial charge in [-0.3, -0.25) is 14.4 Å². The van der Waals surface area contributed by atoms with Crippen LogP contribution in [-0.4, -0.2) is 64.7 Å². The fourth-order valence-electron chi connectivity index (χ4n) is 4.34. The molecular weight excluding hydrogens is 526 g/mol. The maximum absolute atomic E-state index is 14.4. The SMILES string of the molecule is CCOC(=O)CCNC(=O)C(c1cccc(O)c1)N(C(=O)C(NC(=O)OC(C)(C)C)C(C)CC)C(C)CCC(C)C. The predicted molar refractivity (Wildman–Crippen MR) is 158 cm³/mol. The van der Waals surface area contributed by atoms with E-state index in [0.29, 0.717) is 24.3 Å². The number of alkyl carbamates (subject to hydrolysis) is 1. The van der Waals surface area contributed by atoms with Crippen LogP contribution in [0, 0.1) is 11.8 Å². The molecule has 0 heterocycles. The van der Waals surface area contributed by atoms with Crippen LogP contribution in [0.5, 0.6) is 5.75 Å².